The van der Waals surface area contributed by atoms with E-state index in [1.54, 1.807) is 4.90 Å². The molecular formula is C27H30N4O2. The number of carbonyl (C=O) groups is 2. The quantitative estimate of drug-likeness (QED) is 0.613. The van der Waals surface area contributed by atoms with Crippen LogP contribution in [0.2, 0.25) is 0 Å². The van der Waals surface area contributed by atoms with Gasteiger partial charge in [0.15, 0.2) is 0 Å². The lowest BCUT2D eigenvalue weighted by atomic mass is 9.96. The van der Waals surface area contributed by atoms with Gasteiger partial charge < -0.3 is 15.1 Å². The highest BCUT2D eigenvalue weighted by Crippen LogP contribution is 2.29. The molecule has 0 bridgehead atoms. The molecule has 1 aliphatic rings. The van der Waals surface area contributed by atoms with Crippen molar-refractivity contribution in [1.82, 2.24) is 9.80 Å². The van der Waals surface area contributed by atoms with Crippen molar-refractivity contribution in [2.75, 3.05) is 50.5 Å². The van der Waals surface area contributed by atoms with Gasteiger partial charge in [0.1, 0.15) is 0 Å². The third-order valence-electron chi connectivity index (χ3n) is 6.03. The molecule has 0 unspecified atom stereocenters. The monoisotopic (exact) mass is 442 g/mol. The van der Waals surface area contributed by atoms with Gasteiger partial charge in [-0.15, -0.1) is 0 Å². The second-order valence-electron chi connectivity index (χ2n) is 8.45. The van der Waals surface area contributed by atoms with E-state index in [0.29, 0.717) is 31.9 Å². The Hall–Kier alpha value is -3.64. The Labute approximate surface area is 195 Å². The van der Waals surface area contributed by atoms with E-state index in [0.717, 1.165) is 5.69 Å². The van der Waals surface area contributed by atoms with Gasteiger partial charge in [-0.1, -0.05) is 60.7 Å². The summed E-state index contributed by atoms with van der Waals surface area (Å²) in [6, 6.07) is 28.4. The van der Waals surface area contributed by atoms with Crippen molar-refractivity contribution < 1.29 is 9.59 Å². The van der Waals surface area contributed by atoms with Crippen LogP contribution < -0.4 is 10.2 Å². The van der Waals surface area contributed by atoms with Gasteiger partial charge >= 0.3 is 11.8 Å². The molecule has 170 valence electrons. The largest absolute Gasteiger partial charge is 0.378 e. The first-order valence-electron chi connectivity index (χ1n) is 11.2. The molecule has 1 fully saturated rings. The number of nitrogens with one attached hydrogen (secondary N) is 1. The Balaban J connectivity index is 1.39. The Morgan fingerprint density at radius 1 is 0.758 bits per heavy atom. The normalized spacial score (nSPS) is 14.2. The van der Waals surface area contributed by atoms with Crippen LogP contribution in [0.15, 0.2) is 84.9 Å². The molecule has 0 aliphatic carbocycles. The zero-order valence-electron chi connectivity index (χ0n) is 19.1. The minimum Gasteiger partial charge on any atom is -0.378 e. The molecule has 6 heteroatoms. The molecule has 2 amide bonds. The third kappa shape index (κ3) is 5.41. The molecule has 0 saturated carbocycles. The highest BCUT2D eigenvalue weighted by molar-refractivity contribution is 6.39. The van der Waals surface area contributed by atoms with Crippen LogP contribution in [-0.4, -0.2) is 61.9 Å². The lowest BCUT2D eigenvalue weighted by molar-refractivity contribution is -0.144. The zero-order valence-corrected chi connectivity index (χ0v) is 19.1. The van der Waals surface area contributed by atoms with Crippen molar-refractivity contribution in [2.45, 2.75) is 6.04 Å². The van der Waals surface area contributed by atoms with Crippen molar-refractivity contribution in [1.29, 1.82) is 0 Å². The van der Waals surface area contributed by atoms with Crippen LogP contribution in [0.5, 0.6) is 0 Å². The number of benzene rings is 3. The van der Waals surface area contributed by atoms with Crippen molar-refractivity contribution in [3.05, 3.63) is 96.1 Å². The van der Waals surface area contributed by atoms with E-state index >= 15 is 0 Å². The number of carbonyl (C=O) groups excluding carboxylic acids is 2. The van der Waals surface area contributed by atoms with Crippen LogP contribution in [0.4, 0.5) is 11.4 Å². The molecule has 0 aromatic heterocycles. The van der Waals surface area contributed by atoms with E-state index < -0.39 is 11.8 Å². The predicted molar refractivity (Wildman–Crippen MR) is 132 cm³/mol. The minimum atomic E-state index is -0.594. The fourth-order valence-corrected chi connectivity index (χ4v) is 4.24. The van der Waals surface area contributed by atoms with Crippen LogP contribution in [-0.2, 0) is 9.59 Å². The van der Waals surface area contributed by atoms with Crippen LogP contribution >= 0.6 is 0 Å². The first kappa shape index (κ1) is 22.6. The van der Waals surface area contributed by atoms with E-state index in [1.807, 2.05) is 55.4 Å². The van der Waals surface area contributed by atoms with Gasteiger partial charge in [0.25, 0.3) is 0 Å². The number of rotatable bonds is 5. The first-order valence-corrected chi connectivity index (χ1v) is 11.2. The van der Waals surface area contributed by atoms with Gasteiger partial charge in [-0.05, 0) is 35.4 Å². The minimum absolute atomic E-state index is 0.119. The van der Waals surface area contributed by atoms with Gasteiger partial charge in [0, 0.05) is 51.6 Å². The summed E-state index contributed by atoms with van der Waals surface area (Å²) in [7, 11) is 3.91. The van der Waals surface area contributed by atoms with Crippen molar-refractivity contribution in [3.63, 3.8) is 0 Å². The predicted octanol–water partition coefficient (Wildman–Crippen LogP) is 3.62. The van der Waals surface area contributed by atoms with Crippen LogP contribution in [0.1, 0.15) is 17.2 Å². The molecule has 1 heterocycles. The summed E-state index contributed by atoms with van der Waals surface area (Å²) in [6.07, 6.45) is 0. The Morgan fingerprint density at radius 2 is 1.27 bits per heavy atom. The molecule has 3 aromatic carbocycles. The van der Waals surface area contributed by atoms with E-state index in [9.17, 15) is 9.59 Å². The summed E-state index contributed by atoms with van der Waals surface area (Å²) in [5, 5.41) is 2.73. The lowest BCUT2D eigenvalue weighted by Gasteiger charge is -2.39. The number of hydrogen-bond acceptors (Lipinski definition) is 4. The van der Waals surface area contributed by atoms with E-state index in [1.165, 1.54) is 11.1 Å². The van der Waals surface area contributed by atoms with Crippen molar-refractivity contribution >= 4 is 23.2 Å². The van der Waals surface area contributed by atoms with Crippen LogP contribution in [0.3, 0.4) is 0 Å². The number of amides is 2. The topological polar surface area (TPSA) is 55.9 Å². The average Bonchev–Trinajstić information content (AvgIpc) is 2.86. The fourth-order valence-electron chi connectivity index (χ4n) is 4.24. The summed E-state index contributed by atoms with van der Waals surface area (Å²) in [5.41, 5.74) is 4.09. The maximum absolute atomic E-state index is 12.8. The standard InChI is InChI=1S/C27H30N4O2/c1-29(2)24-15-13-23(14-16-24)28-26(32)27(33)31-19-17-30(18-20-31)25(21-9-5-3-6-10-21)22-11-7-4-8-12-22/h3-16,25H,17-20H2,1-2H3,(H,28,32). The third-order valence-corrected chi connectivity index (χ3v) is 6.03. The Bertz CT molecular complexity index is 1020. The number of anilines is 2. The van der Waals surface area contributed by atoms with Crippen LogP contribution in [0, 0.1) is 0 Å². The van der Waals surface area contributed by atoms with Gasteiger partial charge in [-0.25, -0.2) is 0 Å². The molecular weight excluding hydrogens is 412 g/mol. The molecule has 33 heavy (non-hydrogen) atoms. The average molecular weight is 443 g/mol. The summed E-state index contributed by atoms with van der Waals surface area (Å²) in [5.74, 6) is -1.08. The second kappa shape index (κ2) is 10.3. The summed E-state index contributed by atoms with van der Waals surface area (Å²) in [4.78, 5) is 31.4. The second-order valence-corrected chi connectivity index (χ2v) is 8.45. The fraction of sp³-hybridized carbons (Fsp3) is 0.259. The molecule has 3 aromatic rings. The molecule has 4 rings (SSSR count). The van der Waals surface area contributed by atoms with E-state index in [4.69, 9.17) is 0 Å². The SMILES string of the molecule is CN(C)c1ccc(NC(=O)C(=O)N2CCN(C(c3ccccc3)c3ccccc3)CC2)cc1. The van der Waals surface area contributed by atoms with Gasteiger partial charge in [-0.2, -0.15) is 0 Å². The molecule has 1 saturated heterocycles. The number of piperazine rings is 1. The first-order chi connectivity index (χ1) is 16.0. The summed E-state index contributed by atoms with van der Waals surface area (Å²) in [6.45, 7) is 2.43. The van der Waals surface area contributed by atoms with Crippen molar-refractivity contribution in [2.24, 2.45) is 0 Å². The Morgan fingerprint density at radius 3 is 1.76 bits per heavy atom. The van der Waals surface area contributed by atoms with E-state index in [-0.39, 0.29) is 6.04 Å². The smallest absolute Gasteiger partial charge is 0.313 e. The number of nitrogens with zero attached hydrogens (tertiary/aromatic N) is 3. The lowest BCUT2D eigenvalue weighted by Crippen LogP contribution is -2.52. The molecule has 1 aliphatic heterocycles. The van der Waals surface area contributed by atoms with Gasteiger partial charge in [0.05, 0.1) is 6.04 Å². The molecule has 1 N–H and O–H groups in total. The van der Waals surface area contributed by atoms with Crippen molar-refractivity contribution in [3.8, 4) is 0 Å². The molecule has 6 nitrogen and oxygen atoms in total. The highest BCUT2D eigenvalue weighted by Gasteiger charge is 2.30. The maximum atomic E-state index is 12.8. The molecule has 0 radical (unpaired) electrons. The summed E-state index contributed by atoms with van der Waals surface area (Å²) >= 11 is 0. The molecule has 0 atom stereocenters. The van der Waals surface area contributed by atoms with Gasteiger partial charge in [0.2, 0.25) is 0 Å². The maximum Gasteiger partial charge on any atom is 0.313 e. The summed E-state index contributed by atoms with van der Waals surface area (Å²) < 4.78 is 0. The van der Waals surface area contributed by atoms with Crippen LogP contribution in [0.25, 0.3) is 0 Å². The molecule has 0 spiro atoms. The zero-order chi connectivity index (χ0) is 23.2. The highest BCUT2D eigenvalue weighted by atomic mass is 16.2. The van der Waals surface area contributed by atoms with E-state index in [2.05, 4.69) is 58.7 Å². The Kier molecular flexibility index (Phi) is 7.05. The van der Waals surface area contributed by atoms with Gasteiger partial charge in [-0.3, -0.25) is 14.5 Å². The number of hydrogen-bond donors (Lipinski definition) is 1.